The molecule has 2 aromatic carbocycles. The number of aromatic nitrogens is 1. The average molecular weight is 321 g/mol. The Balaban J connectivity index is 1.75. The van der Waals surface area contributed by atoms with E-state index in [0.717, 1.165) is 10.4 Å². The van der Waals surface area contributed by atoms with E-state index in [4.69, 9.17) is 21.8 Å². The number of hydrogen-bond donors (Lipinski definition) is 1. The molecule has 0 amide bonds. The Morgan fingerprint density at radius 2 is 2.05 bits per heavy atom. The molecule has 0 aliphatic rings. The van der Waals surface area contributed by atoms with Crippen LogP contribution < -0.4 is 11.5 Å². The molecule has 0 fully saturated rings. The molecule has 1 aromatic heterocycles. The highest BCUT2D eigenvalue weighted by atomic mass is 35.5. The van der Waals surface area contributed by atoms with Crippen LogP contribution in [0.1, 0.15) is 0 Å². The quantitative estimate of drug-likeness (QED) is 0.589. The van der Waals surface area contributed by atoms with E-state index in [1.165, 1.54) is 0 Å². The van der Waals surface area contributed by atoms with Crippen LogP contribution in [0, 0.1) is 0 Å². The van der Waals surface area contributed by atoms with E-state index in [1.54, 1.807) is 28.5 Å². The van der Waals surface area contributed by atoms with Crippen LogP contribution in [0.15, 0.2) is 56.6 Å². The molecule has 6 heteroatoms. The predicted molar refractivity (Wildman–Crippen MR) is 87.1 cm³/mol. The van der Waals surface area contributed by atoms with Gasteiger partial charge >= 0.3 is 5.76 Å². The summed E-state index contributed by atoms with van der Waals surface area (Å²) >= 11 is 7.71. The topological polar surface area (TPSA) is 61.2 Å². The standard InChI is InChI=1S/C15H13ClN2O2S/c16-11-9-10(17)5-6-14(11)21-8-7-18-12-3-1-2-4-13(12)20-15(18)19/h1-6,9H,7-8,17H2. The number of aryl methyl sites for hydroxylation is 1. The van der Waals surface area contributed by atoms with E-state index in [0.29, 0.717) is 28.6 Å². The monoisotopic (exact) mass is 320 g/mol. The number of nitrogens with two attached hydrogens (primary N) is 1. The summed E-state index contributed by atoms with van der Waals surface area (Å²) in [6, 6.07) is 12.8. The van der Waals surface area contributed by atoms with E-state index in [9.17, 15) is 4.79 Å². The van der Waals surface area contributed by atoms with Crippen molar-refractivity contribution in [1.82, 2.24) is 4.57 Å². The summed E-state index contributed by atoms with van der Waals surface area (Å²) in [6.45, 7) is 0.557. The number of hydrogen-bond acceptors (Lipinski definition) is 4. The fourth-order valence-electron chi connectivity index (χ4n) is 2.11. The summed E-state index contributed by atoms with van der Waals surface area (Å²) in [5.41, 5.74) is 7.72. The molecule has 0 atom stereocenters. The third-order valence-electron chi connectivity index (χ3n) is 3.10. The Morgan fingerprint density at radius 3 is 2.86 bits per heavy atom. The second-order valence-corrected chi connectivity index (χ2v) is 6.07. The number of fused-ring (bicyclic) bond motifs is 1. The molecule has 0 radical (unpaired) electrons. The van der Waals surface area contributed by atoms with Gasteiger partial charge < -0.3 is 10.2 Å². The summed E-state index contributed by atoms with van der Waals surface area (Å²) < 4.78 is 6.83. The van der Waals surface area contributed by atoms with E-state index in [2.05, 4.69) is 0 Å². The van der Waals surface area contributed by atoms with Crippen molar-refractivity contribution >= 4 is 40.1 Å². The Hall–Kier alpha value is -1.85. The average Bonchev–Trinajstić information content (AvgIpc) is 2.77. The largest absolute Gasteiger partial charge is 0.419 e. The van der Waals surface area contributed by atoms with Gasteiger partial charge in [-0.2, -0.15) is 0 Å². The van der Waals surface area contributed by atoms with Gasteiger partial charge in [0.15, 0.2) is 5.58 Å². The van der Waals surface area contributed by atoms with E-state index < -0.39 is 0 Å². The summed E-state index contributed by atoms with van der Waals surface area (Å²) in [6.07, 6.45) is 0. The van der Waals surface area contributed by atoms with Crippen molar-refractivity contribution in [1.29, 1.82) is 0 Å². The molecule has 0 unspecified atom stereocenters. The van der Waals surface area contributed by atoms with Gasteiger partial charge in [0, 0.05) is 22.9 Å². The lowest BCUT2D eigenvalue weighted by Gasteiger charge is -2.05. The first-order valence-corrected chi connectivity index (χ1v) is 7.78. The summed E-state index contributed by atoms with van der Waals surface area (Å²) in [7, 11) is 0. The third kappa shape index (κ3) is 2.94. The van der Waals surface area contributed by atoms with Crippen molar-refractivity contribution in [3.63, 3.8) is 0 Å². The van der Waals surface area contributed by atoms with Gasteiger partial charge in [0.05, 0.1) is 10.5 Å². The summed E-state index contributed by atoms with van der Waals surface area (Å²) in [5.74, 6) is 0.382. The van der Waals surface area contributed by atoms with Gasteiger partial charge in [0.1, 0.15) is 0 Å². The minimum atomic E-state index is -0.333. The van der Waals surface area contributed by atoms with Crippen LogP contribution in [0.5, 0.6) is 0 Å². The highest BCUT2D eigenvalue weighted by Gasteiger charge is 2.08. The van der Waals surface area contributed by atoms with Gasteiger partial charge in [-0.25, -0.2) is 4.79 Å². The number of nitrogen functional groups attached to an aromatic ring is 1. The molecular formula is C15H13ClN2O2S. The van der Waals surface area contributed by atoms with Crippen molar-refractivity contribution in [3.05, 3.63) is 58.0 Å². The molecule has 108 valence electrons. The Kier molecular flexibility index (Phi) is 3.94. The van der Waals surface area contributed by atoms with Crippen LogP contribution in [0.25, 0.3) is 11.1 Å². The lowest BCUT2D eigenvalue weighted by molar-refractivity contribution is 0.514. The second-order valence-electron chi connectivity index (χ2n) is 4.53. The number of nitrogens with zero attached hydrogens (tertiary/aromatic N) is 1. The number of halogens is 1. The Bertz CT molecular complexity index is 841. The molecule has 4 nitrogen and oxygen atoms in total. The molecule has 2 N–H and O–H groups in total. The lowest BCUT2D eigenvalue weighted by Crippen LogP contribution is -2.15. The van der Waals surface area contributed by atoms with Gasteiger partial charge in [0.2, 0.25) is 0 Å². The maximum Gasteiger partial charge on any atom is 0.419 e. The minimum Gasteiger partial charge on any atom is -0.408 e. The molecule has 0 spiro atoms. The van der Waals surface area contributed by atoms with Gasteiger partial charge in [-0.15, -0.1) is 11.8 Å². The third-order valence-corrected chi connectivity index (χ3v) is 4.58. The number of anilines is 1. The smallest absolute Gasteiger partial charge is 0.408 e. The van der Waals surface area contributed by atoms with Crippen molar-refractivity contribution in [2.24, 2.45) is 0 Å². The van der Waals surface area contributed by atoms with Gasteiger partial charge in [-0.05, 0) is 30.3 Å². The number of thioether (sulfide) groups is 1. The number of oxazole rings is 1. The minimum absolute atomic E-state index is 0.333. The highest BCUT2D eigenvalue weighted by molar-refractivity contribution is 7.99. The molecule has 3 rings (SSSR count). The molecule has 1 heterocycles. The SMILES string of the molecule is Nc1ccc(SCCn2c(=O)oc3ccccc32)c(Cl)c1. The van der Waals surface area contributed by atoms with E-state index in [1.807, 2.05) is 30.3 Å². The first-order chi connectivity index (χ1) is 10.1. The molecular weight excluding hydrogens is 308 g/mol. The first-order valence-electron chi connectivity index (χ1n) is 6.41. The Morgan fingerprint density at radius 1 is 1.24 bits per heavy atom. The normalized spacial score (nSPS) is 11.1. The Labute approximate surface area is 130 Å². The number of rotatable bonds is 4. The van der Waals surface area contributed by atoms with Crippen LogP contribution in [-0.2, 0) is 6.54 Å². The van der Waals surface area contributed by atoms with Crippen LogP contribution in [-0.4, -0.2) is 10.3 Å². The molecule has 3 aromatic rings. The fourth-order valence-corrected chi connectivity index (χ4v) is 3.31. The fraction of sp³-hybridized carbons (Fsp3) is 0.133. The molecule has 0 bridgehead atoms. The first kappa shape index (κ1) is 14.1. The van der Waals surface area contributed by atoms with Crippen LogP contribution in [0.3, 0.4) is 0 Å². The van der Waals surface area contributed by atoms with E-state index >= 15 is 0 Å². The van der Waals surface area contributed by atoms with Crippen LogP contribution in [0.4, 0.5) is 5.69 Å². The zero-order valence-electron chi connectivity index (χ0n) is 11.1. The van der Waals surface area contributed by atoms with E-state index in [-0.39, 0.29) is 5.76 Å². The van der Waals surface area contributed by atoms with Crippen molar-refractivity contribution < 1.29 is 4.42 Å². The predicted octanol–water partition coefficient (Wildman–Crippen LogP) is 3.62. The maximum absolute atomic E-state index is 11.8. The molecule has 0 aliphatic heterocycles. The number of para-hydroxylation sites is 2. The van der Waals surface area contributed by atoms with Gasteiger partial charge in [-0.3, -0.25) is 4.57 Å². The van der Waals surface area contributed by atoms with Crippen molar-refractivity contribution in [3.8, 4) is 0 Å². The van der Waals surface area contributed by atoms with Crippen molar-refractivity contribution in [2.75, 3.05) is 11.5 Å². The molecule has 21 heavy (non-hydrogen) atoms. The number of benzene rings is 2. The molecule has 0 saturated carbocycles. The zero-order chi connectivity index (χ0) is 14.8. The van der Waals surface area contributed by atoms with Crippen molar-refractivity contribution in [2.45, 2.75) is 11.4 Å². The lowest BCUT2D eigenvalue weighted by atomic mass is 10.3. The summed E-state index contributed by atoms with van der Waals surface area (Å²) in [4.78, 5) is 12.8. The zero-order valence-corrected chi connectivity index (χ0v) is 12.7. The van der Waals surface area contributed by atoms with Crippen LogP contribution in [0.2, 0.25) is 5.02 Å². The molecule has 0 saturated heterocycles. The maximum atomic E-state index is 11.8. The summed E-state index contributed by atoms with van der Waals surface area (Å²) in [5, 5.41) is 0.629. The molecule has 0 aliphatic carbocycles. The highest BCUT2D eigenvalue weighted by Crippen LogP contribution is 2.29. The van der Waals surface area contributed by atoms with Gasteiger partial charge in [0.25, 0.3) is 0 Å². The second kappa shape index (κ2) is 5.87. The van der Waals surface area contributed by atoms with Gasteiger partial charge in [-0.1, -0.05) is 23.7 Å². The van der Waals surface area contributed by atoms with Crippen LogP contribution >= 0.6 is 23.4 Å².